The third-order valence-electron chi connectivity index (χ3n) is 5.76. The molecule has 0 unspecified atom stereocenters. The first-order chi connectivity index (χ1) is 18.0. The summed E-state index contributed by atoms with van der Waals surface area (Å²) in [5, 5.41) is 5.65. The maximum Gasteiger partial charge on any atom is 0.346 e. The maximum absolute atomic E-state index is 13.4. The monoisotopic (exact) mass is 497 g/mol. The summed E-state index contributed by atoms with van der Waals surface area (Å²) in [6, 6.07) is 21.3. The Kier molecular flexibility index (Phi) is 6.42. The molecule has 0 aliphatic rings. The van der Waals surface area contributed by atoms with Crippen LogP contribution >= 0.6 is 0 Å². The Morgan fingerprint density at radius 2 is 1.81 bits per heavy atom. The van der Waals surface area contributed by atoms with E-state index in [1.807, 2.05) is 24.3 Å². The molecule has 1 atom stereocenters. The molecule has 0 radical (unpaired) electrons. The molecule has 0 saturated carbocycles. The Bertz CT molecular complexity index is 1680. The van der Waals surface area contributed by atoms with Crippen LogP contribution in [0.4, 0.5) is 0 Å². The molecule has 0 N–H and O–H groups in total. The van der Waals surface area contributed by atoms with Gasteiger partial charge in [-0.2, -0.15) is 9.78 Å². The van der Waals surface area contributed by atoms with Gasteiger partial charge in [0.2, 0.25) is 5.82 Å². The molecule has 0 bridgehead atoms. The lowest BCUT2D eigenvalue weighted by Gasteiger charge is -2.12. The zero-order valence-electron chi connectivity index (χ0n) is 20.4. The third-order valence-corrected chi connectivity index (χ3v) is 5.76. The van der Waals surface area contributed by atoms with Gasteiger partial charge in [-0.15, -0.1) is 0 Å². The second-order valence-electron chi connectivity index (χ2n) is 8.15. The van der Waals surface area contributed by atoms with E-state index in [0.717, 1.165) is 5.39 Å². The molecule has 5 rings (SSSR count). The third kappa shape index (κ3) is 4.66. The average Bonchev–Trinajstić information content (AvgIpc) is 3.37. The molecule has 186 valence electrons. The number of esters is 1. The van der Waals surface area contributed by atoms with Crippen molar-refractivity contribution < 1.29 is 23.4 Å². The van der Waals surface area contributed by atoms with Crippen molar-refractivity contribution in [1.29, 1.82) is 0 Å². The van der Waals surface area contributed by atoms with Crippen LogP contribution in [0, 0.1) is 0 Å². The van der Waals surface area contributed by atoms with E-state index in [4.69, 9.17) is 18.9 Å². The Balaban J connectivity index is 1.55. The molecule has 0 fully saturated rings. The summed E-state index contributed by atoms with van der Waals surface area (Å²) in [5.41, 5.74) is 1.50. The van der Waals surface area contributed by atoms with Crippen LogP contribution in [0.2, 0.25) is 0 Å². The van der Waals surface area contributed by atoms with Crippen LogP contribution in [-0.2, 0) is 9.53 Å². The molecule has 37 heavy (non-hydrogen) atoms. The van der Waals surface area contributed by atoms with E-state index >= 15 is 0 Å². The second-order valence-corrected chi connectivity index (χ2v) is 8.15. The van der Waals surface area contributed by atoms with Gasteiger partial charge in [-0.1, -0.05) is 18.2 Å². The van der Waals surface area contributed by atoms with Gasteiger partial charge in [0.05, 0.1) is 36.7 Å². The van der Waals surface area contributed by atoms with Crippen LogP contribution in [-0.4, -0.2) is 42.2 Å². The van der Waals surface area contributed by atoms with Gasteiger partial charge >= 0.3 is 5.97 Å². The molecule has 0 spiro atoms. The number of benzene rings is 3. The predicted octanol–water partition coefficient (Wildman–Crippen LogP) is 4.64. The quantitative estimate of drug-likeness (QED) is 0.238. The lowest BCUT2D eigenvalue weighted by atomic mass is 10.2. The van der Waals surface area contributed by atoms with Crippen molar-refractivity contribution in [1.82, 2.24) is 9.66 Å². The Hall–Kier alpha value is -4.92. The minimum absolute atomic E-state index is 0.255. The fourth-order valence-corrected chi connectivity index (χ4v) is 3.89. The highest BCUT2D eigenvalue weighted by Gasteiger charge is 2.18. The van der Waals surface area contributed by atoms with Crippen molar-refractivity contribution in [3.8, 4) is 23.1 Å². The molecule has 5 aromatic rings. The van der Waals surface area contributed by atoms with Crippen molar-refractivity contribution in [2.75, 3.05) is 14.2 Å². The molecular formula is C28H23N3O6. The molecule has 2 aromatic heterocycles. The first-order valence-corrected chi connectivity index (χ1v) is 11.5. The van der Waals surface area contributed by atoms with Gasteiger partial charge in [0.1, 0.15) is 17.1 Å². The lowest BCUT2D eigenvalue weighted by molar-refractivity contribution is -0.147. The molecule has 0 saturated heterocycles. The number of carbonyl (C=O) groups is 1. The highest BCUT2D eigenvalue weighted by molar-refractivity contribution is 5.88. The number of aromatic nitrogens is 2. The normalized spacial score (nSPS) is 12.2. The molecule has 0 aliphatic carbocycles. The number of methoxy groups -OCH3 is 2. The predicted molar refractivity (Wildman–Crippen MR) is 139 cm³/mol. The van der Waals surface area contributed by atoms with E-state index in [1.54, 1.807) is 62.6 Å². The minimum Gasteiger partial charge on any atom is -0.496 e. The summed E-state index contributed by atoms with van der Waals surface area (Å²) >= 11 is 0. The average molecular weight is 498 g/mol. The lowest BCUT2D eigenvalue weighted by Crippen LogP contribution is -2.24. The fraction of sp³-hybridized carbons (Fsp3) is 0.143. The Labute approximate surface area is 211 Å². The van der Waals surface area contributed by atoms with E-state index in [-0.39, 0.29) is 11.4 Å². The maximum atomic E-state index is 13.4. The van der Waals surface area contributed by atoms with E-state index in [2.05, 4.69) is 9.84 Å². The van der Waals surface area contributed by atoms with Gasteiger partial charge in [0, 0.05) is 0 Å². The molecule has 0 amide bonds. The van der Waals surface area contributed by atoms with Gasteiger partial charge in [-0.25, -0.2) is 9.78 Å². The van der Waals surface area contributed by atoms with Crippen LogP contribution < -0.4 is 15.0 Å². The highest BCUT2D eigenvalue weighted by atomic mass is 16.6. The summed E-state index contributed by atoms with van der Waals surface area (Å²) in [4.78, 5) is 29.7. The van der Waals surface area contributed by atoms with Crippen LogP contribution in [0.3, 0.4) is 0 Å². The summed E-state index contributed by atoms with van der Waals surface area (Å²) < 4.78 is 23.0. The van der Waals surface area contributed by atoms with Crippen LogP contribution in [0.5, 0.6) is 11.5 Å². The standard InChI is InChI=1S/C28H23N3O6/c1-17(28(33)35-3)36-19-13-11-18(12-14-19)16-29-31-26(30-22-8-5-4-7-20(22)27(31)32)25-15-21-23(34-2)9-6-10-24(21)37-25/h4-17H,1-3H3/t17-/m1/s1. The number of rotatable bonds is 7. The first kappa shape index (κ1) is 23.8. The molecular weight excluding hydrogens is 474 g/mol. The first-order valence-electron chi connectivity index (χ1n) is 11.5. The minimum atomic E-state index is -0.739. The van der Waals surface area contributed by atoms with Crippen LogP contribution in [0.1, 0.15) is 12.5 Å². The number of fused-ring (bicyclic) bond motifs is 2. The number of hydrogen-bond acceptors (Lipinski definition) is 8. The highest BCUT2D eigenvalue weighted by Crippen LogP contribution is 2.32. The zero-order valence-corrected chi connectivity index (χ0v) is 20.4. The van der Waals surface area contributed by atoms with E-state index in [0.29, 0.717) is 39.3 Å². The van der Waals surface area contributed by atoms with E-state index < -0.39 is 12.1 Å². The number of ether oxygens (including phenoxy) is 3. The van der Waals surface area contributed by atoms with Crippen molar-refractivity contribution in [3.63, 3.8) is 0 Å². The SMILES string of the molecule is COC(=O)[C@@H](C)Oc1ccc(C=Nn2c(-c3cc4c(OC)cccc4o3)nc3ccccc3c2=O)cc1. The Morgan fingerprint density at radius 3 is 2.57 bits per heavy atom. The van der Waals surface area contributed by atoms with Gasteiger partial charge < -0.3 is 18.6 Å². The number of furan rings is 1. The molecule has 3 aromatic carbocycles. The largest absolute Gasteiger partial charge is 0.496 e. The number of nitrogens with zero attached hydrogens (tertiary/aromatic N) is 3. The van der Waals surface area contributed by atoms with Crippen LogP contribution in [0.25, 0.3) is 33.5 Å². The van der Waals surface area contributed by atoms with Gasteiger partial charge in [-0.3, -0.25) is 4.79 Å². The molecule has 2 heterocycles. The zero-order chi connectivity index (χ0) is 25.9. The van der Waals surface area contributed by atoms with E-state index in [9.17, 15) is 9.59 Å². The number of para-hydroxylation sites is 1. The molecule has 0 aliphatic heterocycles. The summed E-state index contributed by atoms with van der Waals surface area (Å²) in [7, 11) is 2.89. The van der Waals surface area contributed by atoms with Crippen LogP contribution in [0.15, 0.2) is 87.1 Å². The summed E-state index contributed by atoms with van der Waals surface area (Å²) in [6.45, 7) is 1.61. The van der Waals surface area contributed by atoms with E-state index in [1.165, 1.54) is 18.0 Å². The smallest absolute Gasteiger partial charge is 0.346 e. The second kappa shape index (κ2) is 9.98. The number of hydrogen-bond donors (Lipinski definition) is 0. The molecule has 9 nitrogen and oxygen atoms in total. The Morgan fingerprint density at radius 1 is 1.03 bits per heavy atom. The van der Waals surface area contributed by atoms with Gasteiger partial charge in [0.15, 0.2) is 11.9 Å². The van der Waals surface area contributed by atoms with Crippen molar-refractivity contribution in [2.24, 2.45) is 5.10 Å². The summed E-state index contributed by atoms with van der Waals surface area (Å²) in [6.07, 6.45) is 0.801. The topological polar surface area (TPSA) is 105 Å². The van der Waals surface area contributed by atoms with Gasteiger partial charge in [0.25, 0.3) is 5.56 Å². The van der Waals surface area contributed by atoms with Gasteiger partial charge in [-0.05, 0) is 67.1 Å². The van der Waals surface area contributed by atoms with Crippen molar-refractivity contribution >= 4 is 34.1 Å². The van der Waals surface area contributed by atoms with Crippen molar-refractivity contribution in [3.05, 3.63) is 88.7 Å². The summed E-state index contributed by atoms with van der Waals surface area (Å²) in [5.74, 6) is 1.31. The van der Waals surface area contributed by atoms with Crippen molar-refractivity contribution in [2.45, 2.75) is 13.0 Å². The fourth-order valence-electron chi connectivity index (χ4n) is 3.89. The number of carbonyl (C=O) groups excluding carboxylic acids is 1. The molecule has 9 heteroatoms.